The minimum atomic E-state index is -1.67. The SMILES string of the molecule is C[C@H](/C=C/CCn1cc(C(CO)c2ccccc2)nn1)[C@@]1(O)C(=O)N(c2ccccc2)c2ccc(I)cc21. The maximum Gasteiger partial charge on any atom is 0.268 e. The zero-order valence-corrected chi connectivity index (χ0v) is 23.1. The van der Waals surface area contributed by atoms with Crippen LogP contribution in [0.1, 0.15) is 36.1 Å². The number of nitrogens with zero attached hydrogens (tertiary/aromatic N) is 4. The Labute approximate surface area is 235 Å². The van der Waals surface area contributed by atoms with Crippen LogP contribution in [0.25, 0.3) is 0 Å². The van der Waals surface area contributed by atoms with E-state index in [9.17, 15) is 15.0 Å². The molecule has 1 aliphatic heterocycles. The number of aromatic nitrogens is 3. The number of para-hydroxylation sites is 1. The van der Waals surface area contributed by atoms with Gasteiger partial charge in [-0.3, -0.25) is 14.4 Å². The van der Waals surface area contributed by atoms with E-state index in [1.54, 1.807) is 9.58 Å². The minimum Gasteiger partial charge on any atom is -0.395 e. The maximum atomic E-state index is 13.7. The summed E-state index contributed by atoms with van der Waals surface area (Å²) in [5, 5.41) is 30.3. The Kier molecular flexibility index (Phi) is 7.73. The van der Waals surface area contributed by atoms with Crippen LogP contribution in [0.3, 0.4) is 0 Å². The van der Waals surface area contributed by atoms with Crippen molar-refractivity contribution in [2.45, 2.75) is 31.4 Å². The number of halogens is 1. The van der Waals surface area contributed by atoms with Crippen LogP contribution < -0.4 is 4.90 Å². The standard InChI is InChI=1S/C30H29IN4O3/c1-21(10-8-9-17-34-19-27(32-33-34)25(20-36)22-11-4-2-5-12-22)30(38)26-18-23(31)15-16-28(26)35(29(30)37)24-13-6-3-7-14-24/h2-8,10-16,18-19,21,25,36,38H,9,17,20H2,1H3/b10-8+/t21-,25?,30+/m1/s1. The second-order valence-corrected chi connectivity index (χ2v) is 10.7. The van der Waals surface area contributed by atoms with Crippen LogP contribution in [0.5, 0.6) is 0 Å². The van der Waals surface area contributed by atoms with Gasteiger partial charge in [0.05, 0.1) is 23.9 Å². The molecule has 0 spiro atoms. The van der Waals surface area contributed by atoms with Crippen LogP contribution in [0, 0.1) is 9.49 Å². The lowest BCUT2D eigenvalue weighted by Gasteiger charge is -2.27. The van der Waals surface area contributed by atoms with Crippen molar-refractivity contribution < 1.29 is 15.0 Å². The van der Waals surface area contributed by atoms with Gasteiger partial charge >= 0.3 is 0 Å². The van der Waals surface area contributed by atoms with Crippen molar-refractivity contribution in [3.63, 3.8) is 0 Å². The van der Waals surface area contributed by atoms with Crippen LogP contribution in [0.4, 0.5) is 11.4 Å². The summed E-state index contributed by atoms with van der Waals surface area (Å²) >= 11 is 2.21. The summed E-state index contributed by atoms with van der Waals surface area (Å²) in [6.07, 6.45) is 6.37. The zero-order valence-electron chi connectivity index (χ0n) is 21.0. The predicted octanol–water partition coefficient (Wildman–Crippen LogP) is 5.16. The number of allylic oxidation sites excluding steroid dienone is 1. The van der Waals surface area contributed by atoms with E-state index in [1.807, 2.05) is 104 Å². The van der Waals surface area contributed by atoms with Crippen LogP contribution in [-0.4, -0.2) is 37.7 Å². The van der Waals surface area contributed by atoms with E-state index < -0.39 is 11.5 Å². The average Bonchev–Trinajstić information content (AvgIpc) is 3.49. The molecule has 1 aliphatic rings. The fraction of sp³-hybridized carbons (Fsp3) is 0.233. The van der Waals surface area contributed by atoms with Crippen molar-refractivity contribution in [3.05, 3.63) is 118 Å². The van der Waals surface area contributed by atoms with Crippen LogP contribution >= 0.6 is 22.6 Å². The molecular weight excluding hydrogens is 591 g/mol. The first-order valence-electron chi connectivity index (χ1n) is 12.6. The number of aryl methyl sites for hydroxylation is 1. The first kappa shape index (κ1) is 26.3. The number of benzene rings is 3. The highest BCUT2D eigenvalue weighted by molar-refractivity contribution is 14.1. The summed E-state index contributed by atoms with van der Waals surface area (Å²) in [6, 6.07) is 24.9. The van der Waals surface area contributed by atoms with Gasteiger partial charge in [0.2, 0.25) is 0 Å². The van der Waals surface area contributed by atoms with Gasteiger partial charge < -0.3 is 10.2 Å². The Morgan fingerprint density at radius 1 is 1.05 bits per heavy atom. The largest absolute Gasteiger partial charge is 0.395 e. The quantitative estimate of drug-likeness (QED) is 0.200. The Bertz CT molecular complexity index is 1440. The van der Waals surface area contributed by atoms with E-state index >= 15 is 0 Å². The van der Waals surface area contributed by atoms with Gasteiger partial charge in [0.25, 0.3) is 5.91 Å². The lowest BCUT2D eigenvalue weighted by atomic mass is 9.83. The van der Waals surface area contributed by atoms with E-state index in [2.05, 4.69) is 32.9 Å². The minimum absolute atomic E-state index is 0.0485. The van der Waals surface area contributed by atoms with E-state index in [0.29, 0.717) is 29.9 Å². The summed E-state index contributed by atoms with van der Waals surface area (Å²) in [4.78, 5) is 15.3. The van der Waals surface area contributed by atoms with E-state index in [1.165, 1.54) is 0 Å². The fourth-order valence-corrected chi connectivity index (χ4v) is 5.45. The van der Waals surface area contributed by atoms with Crippen molar-refractivity contribution in [3.8, 4) is 0 Å². The number of carbonyl (C=O) groups is 1. The van der Waals surface area contributed by atoms with E-state index in [-0.39, 0.29) is 18.4 Å². The summed E-state index contributed by atoms with van der Waals surface area (Å²) in [6.45, 7) is 2.40. The maximum absolute atomic E-state index is 13.7. The molecule has 3 aromatic carbocycles. The topological polar surface area (TPSA) is 91.5 Å². The van der Waals surface area contributed by atoms with Gasteiger partial charge in [0.1, 0.15) is 0 Å². The fourth-order valence-electron chi connectivity index (χ4n) is 4.96. The Morgan fingerprint density at radius 3 is 2.47 bits per heavy atom. The summed E-state index contributed by atoms with van der Waals surface area (Å²) in [5.74, 6) is -1.03. The monoisotopic (exact) mass is 620 g/mol. The summed E-state index contributed by atoms with van der Waals surface area (Å²) in [7, 11) is 0. The number of amides is 1. The van der Waals surface area contributed by atoms with Crippen molar-refractivity contribution in [1.29, 1.82) is 0 Å². The molecule has 3 atom stereocenters. The normalized spacial score (nSPS) is 18.6. The number of anilines is 2. The van der Waals surface area contributed by atoms with Gasteiger partial charge in [-0.2, -0.15) is 0 Å². The Balaban J connectivity index is 1.30. The third kappa shape index (κ3) is 4.91. The van der Waals surface area contributed by atoms with Crippen molar-refractivity contribution in [2.75, 3.05) is 11.5 Å². The molecule has 0 saturated heterocycles. The third-order valence-corrected chi connectivity index (χ3v) is 7.73. The smallest absolute Gasteiger partial charge is 0.268 e. The molecule has 1 amide bonds. The molecule has 1 unspecified atom stereocenters. The van der Waals surface area contributed by atoms with Gasteiger partial charge in [-0.25, -0.2) is 0 Å². The highest BCUT2D eigenvalue weighted by Crippen LogP contribution is 2.48. The summed E-state index contributed by atoms with van der Waals surface area (Å²) in [5.41, 5.74) is 2.08. The van der Waals surface area contributed by atoms with E-state index in [4.69, 9.17) is 0 Å². The number of aliphatic hydroxyl groups is 2. The first-order chi connectivity index (χ1) is 18.4. The molecular formula is C30H29IN4O3. The van der Waals surface area contributed by atoms with Gasteiger partial charge in [-0.1, -0.05) is 72.8 Å². The second-order valence-electron chi connectivity index (χ2n) is 9.46. The summed E-state index contributed by atoms with van der Waals surface area (Å²) < 4.78 is 2.71. The molecule has 8 heteroatoms. The average molecular weight is 620 g/mol. The Morgan fingerprint density at radius 2 is 1.76 bits per heavy atom. The van der Waals surface area contributed by atoms with Crippen LogP contribution in [0.2, 0.25) is 0 Å². The molecule has 7 nitrogen and oxygen atoms in total. The number of carbonyl (C=O) groups excluding carboxylic acids is 1. The van der Waals surface area contributed by atoms with Gasteiger partial charge in [0, 0.05) is 33.5 Å². The lowest BCUT2D eigenvalue weighted by molar-refractivity contribution is -0.138. The Hall–Kier alpha value is -3.34. The van der Waals surface area contributed by atoms with Crippen LogP contribution in [-0.2, 0) is 16.9 Å². The molecule has 194 valence electrons. The van der Waals surface area contributed by atoms with Gasteiger partial charge in [-0.15, -0.1) is 5.10 Å². The molecule has 4 aromatic rings. The lowest BCUT2D eigenvalue weighted by Crippen LogP contribution is -2.42. The second kappa shape index (κ2) is 11.2. The molecule has 0 fully saturated rings. The van der Waals surface area contributed by atoms with Gasteiger partial charge in [0.15, 0.2) is 5.60 Å². The number of aliphatic hydroxyl groups excluding tert-OH is 1. The first-order valence-corrected chi connectivity index (χ1v) is 13.7. The number of hydrogen-bond acceptors (Lipinski definition) is 5. The third-order valence-electron chi connectivity index (χ3n) is 7.06. The highest BCUT2D eigenvalue weighted by atomic mass is 127. The highest BCUT2D eigenvalue weighted by Gasteiger charge is 2.53. The molecule has 0 aliphatic carbocycles. The molecule has 0 bridgehead atoms. The predicted molar refractivity (Wildman–Crippen MR) is 155 cm³/mol. The number of rotatable bonds is 9. The molecule has 0 radical (unpaired) electrons. The van der Waals surface area contributed by atoms with Crippen molar-refractivity contribution >= 4 is 39.9 Å². The molecule has 1 aromatic heterocycles. The van der Waals surface area contributed by atoms with Crippen molar-refractivity contribution in [2.24, 2.45) is 5.92 Å². The molecule has 38 heavy (non-hydrogen) atoms. The van der Waals surface area contributed by atoms with Crippen LogP contribution in [0.15, 0.2) is 97.2 Å². The van der Waals surface area contributed by atoms with Crippen molar-refractivity contribution in [1.82, 2.24) is 15.0 Å². The molecule has 5 rings (SSSR count). The van der Waals surface area contributed by atoms with Gasteiger partial charge in [-0.05, 0) is 64.9 Å². The number of fused-ring (bicyclic) bond motifs is 1. The zero-order chi connectivity index (χ0) is 26.7. The molecule has 0 saturated carbocycles. The molecule has 2 N–H and O–H groups in total. The van der Waals surface area contributed by atoms with E-state index in [0.717, 1.165) is 14.8 Å². The molecule has 2 heterocycles. The number of hydrogen-bond donors (Lipinski definition) is 2.